The fourth-order valence-corrected chi connectivity index (χ4v) is 2.80. The lowest BCUT2D eigenvalue weighted by molar-refractivity contribution is 0.173. The highest BCUT2D eigenvalue weighted by atomic mass is 15.2. The second kappa shape index (κ2) is 5.19. The molecule has 0 bridgehead atoms. The normalized spacial score (nSPS) is 22.6. The van der Waals surface area contributed by atoms with Crippen LogP contribution in [0.4, 0.5) is 0 Å². The van der Waals surface area contributed by atoms with Gasteiger partial charge in [0.15, 0.2) is 0 Å². The topological polar surface area (TPSA) is 33.1 Å². The third kappa shape index (κ3) is 2.53. The maximum Gasteiger partial charge on any atom is 0.111 e. The van der Waals surface area contributed by atoms with E-state index < -0.39 is 0 Å². The first kappa shape index (κ1) is 11.2. The van der Waals surface area contributed by atoms with Crippen molar-refractivity contribution >= 4 is 0 Å². The van der Waals surface area contributed by atoms with Gasteiger partial charge < -0.3 is 14.8 Å². The highest BCUT2D eigenvalue weighted by Gasteiger charge is 2.20. The third-order valence-electron chi connectivity index (χ3n) is 4.06. The van der Waals surface area contributed by atoms with Gasteiger partial charge in [-0.2, -0.15) is 0 Å². The molecule has 1 aromatic rings. The molecule has 4 heteroatoms. The zero-order valence-electron chi connectivity index (χ0n) is 10.4. The molecule has 94 valence electrons. The predicted molar refractivity (Wildman–Crippen MR) is 68.1 cm³/mol. The number of hydrogen-bond donors (Lipinski definition) is 1. The summed E-state index contributed by atoms with van der Waals surface area (Å²) in [7, 11) is 0. The molecule has 2 fully saturated rings. The maximum absolute atomic E-state index is 4.58. The van der Waals surface area contributed by atoms with E-state index >= 15 is 0 Å². The third-order valence-corrected chi connectivity index (χ3v) is 4.06. The van der Waals surface area contributed by atoms with Crippen molar-refractivity contribution in [3.63, 3.8) is 0 Å². The van der Waals surface area contributed by atoms with E-state index in [1.54, 1.807) is 0 Å². The quantitative estimate of drug-likeness (QED) is 0.845. The second-order valence-electron chi connectivity index (χ2n) is 5.20. The van der Waals surface area contributed by atoms with Crippen molar-refractivity contribution in [2.75, 3.05) is 32.7 Å². The molecule has 0 unspecified atom stereocenters. The molecule has 3 heterocycles. The molecule has 1 aromatic heterocycles. The molecule has 2 aliphatic rings. The van der Waals surface area contributed by atoms with Crippen LogP contribution in [0.25, 0.3) is 0 Å². The Morgan fingerprint density at radius 3 is 2.76 bits per heavy atom. The molecule has 0 saturated carbocycles. The van der Waals surface area contributed by atoms with Crippen LogP contribution in [-0.2, 0) is 6.54 Å². The Morgan fingerprint density at radius 2 is 2.06 bits per heavy atom. The first-order chi connectivity index (χ1) is 8.43. The van der Waals surface area contributed by atoms with Gasteiger partial charge in [0.25, 0.3) is 0 Å². The molecular weight excluding hydrogens is 212 g/mol. The Labute approximate surface area is 103 Å². The van der Waals surface area contributed by atoms with E-state index in [0.717, 1.165) is 19.6 Å². The highest BCUT2D eigenvalue weighted by Crippen LogP contribution is 2.23. The molecule has 2 saturated heterocycles. The van der Waals surface area contributed by atoms with Crippen LogP contribution in [0.5, 0.6) is 0 Å². The van der Waals surface area contributed by atoms with Crippen molar-refractivity contribution in [3.05, 3.63) is 18.2 Å². The van der Waals surface area contributed by atoms with Gasteiger partial charge in [0.05, 0.1) is 0 Å². The fourth-order valence-electron chi connectivity index (χ4n) is 2.80. The minimum absolute atomic E-state index is 0.669. The SMILES string of the molecule is c1cn(CCN2CCC2)c(C2CCNCC2)n1. The van der Waals surface area contributed by atoms with Gasteiger partial charge in [-0.15, -0.1) is 0 Å². The molecule has 0 spiro atoms. The minimum atomic E-state index is 0.669. The van der Waals surface area contributed by atoms with Crippen LogP contribution in [0.2, 0.25) is 0 Å². The van der Waals surface area contributed by atoms with Crippen LogP contribution < -0.4 is 5.32 Å². The van der Waals surface area contributed by atoms with Crippen molar-refractivity contribution in [1.82, 2.24) is 19.8 Å². The van der Waals surface area contributed by atoms with Gasteiger partial charge in [-0.25, -0.2) is 4.98 Å². The summed E-state index contributed by atoms with van der Waals surface area (Å²) in [5.41, 5.74) is 0. The Balaban J connectivity index is 1.61. The number of likely N-dealkylation sites (tertiary alicyclic amines) is 1. The van der Waals surface area contributed by atoms with Crippen molar-refractivity contribution < 1.29 is 0 Å². The van der Waals surface area contributed by atoms with E-state index in [0.29, 0.717) is 5.92 Å². The first-order valence-electron chi connectivity index (χ1n) is 6.87. The summed E-state index contributed by atoms with van der Waals surface area (Å²) >= 11 is 0. The Bertz CT molecular complexity index is 350. The Kier molecular flexibility index (Phi) is 3.43. The molecular formula is C13H22N4. The molecule has 17 heavy (non-hydrogen) atoms. The molecule has 0 aliphatic carbocycles. The summed E-state index contributed by atoms with van der Waals surface area (Å²) in [6, 6.07) is 0. The highest BCUT2D eigenvalue weighted by molar-refractivity contribution is 5.02. The Morgan fingerprint density at radius 1 is 1.24 bits per heavy atom. The van der Waals surface area contributed by atoms with Crippen molar-refractivity contribution in [2.45, 2.75) is 31.7 Å². The van der Waals surface area contributed by atoms with Gasteiger partial charge in [-0.05, 0) is 45.4 Å². The zero-order chi connectivity index (χ0) is 11.5. The van der Waals surface area contributed by atoms with Gasteiger partial charge in [-0.3, -0.25) is 0 Å². The van der Waals surface area contributed by atoms with Gasteiger partial charge in [0.2, 0.25) is 0 Å². The smallest absolute Gasteiger partial charge is 0.111 e. The lowest BCUT2D eigenvalue weighted by atomic mass is 9.97. The van der Waals surface area contributed by atoms with E-state index in [2.05, 4.69) is 26.0 Å². The summed E-state index contributed by atoms with van der Waals surface area (Å²) < 4.78 is 2.37. The molecule has 0 atom stereocenters. The van der Waals surface area contributed by atoms with Crippen LogP contribution in [0.3, 0.4) is 0 Å². The van der Waals surface area contributed by atoms with Crippen molar-refractivity contribution in [3.8, 4) is 0 Å². The van der Waals surface area contributed by atoms with Gasteiger partial charge >= 0.3 is 0 Å². The summed E-state index contributed by atoms with van der Waals surface area (Å²) in [4.78, 5) is 7.10. The average molecular weight is 234 g/mol. The van der Waals surface area contributed by atoms with E-state index in [1.807, 2.05) is 6.20 Å². The van der Waals surface area contributed by atoms with Crippen LogP contribution in [0, 0.1) is 0 Å². The number of imidazole rings is 1. The number of hydrogen-bond acceptors (Lipinski definition) is 3. The van der Waals surface area contributed by atoms with E-state index in [-0.39, 0.29) is 0 Å². The number of piperidine rings is 1. The molecule has 3 rings (SSSR count). The van der Waals surface area contributed by atoms with Crippen LogP contribution >= 0.6 is 0 Å². The maximum atomic E-state index is 4.58. The number of nitrogens with zero attached hydrogens (tertiary/aromatic N) is 3. The summed E-state index contributed by atoms with van der Waals surface area (Å²) in [6.07, 6.45) is 7.97. The number of nitrogens with one attached hydrogen (secondary N) is 1. The average Bonchev–Trinajstić information content (AvgIpc) is 2.76. The summed E-state index contributed by atoms with van der Waals surface area (Å²) in [6.45, 7) is 7.16. The van der Waals surface area contributed by atoms with E-state index in [4.69, 9.17) is 0 Å². The number of aromatic nitrogens is 2. The van der Waals surface area contributed by atoms with Crippen molar-refractivity contribution in [2.24, 2.45) is 0 Å². The molecule has 1 N–H and O–H groups in total. The minimum Gasteiger partial charge on any atom is -0.333 e. The van der Waals surface area contributed by atoms with Gasteiger partial charge in [0.1, 0.15) is 5.82 Å². The Hall–Kier alpha value is -0.870. The van der Waals surface area contributed by atoms with Gasteiger partial charge in [-0.1, -0.05) is 0 Å². The lowest BCUT2D eigenvalue weighted by Crippen LogP contribution is -2.39. The summed E-state index contributed by atoms with van der Waals surface area (Å²) in [5.74, 6) is 1.98. The van der Waals surface area contributed by atoms with Crippen molar-refractivity contribution in [1.29, 1.82) is 0 Å². The lowest BCUT2D eigenvalue weighted by Gasteiger charge is -2.31. The molecule has 0 aromatic carbocycles. The molecule has 0 radical (unpaired) electrons. The van der Waals surface area contributed by atoms with Gasteiger partial charge in [0, 0.05) is 31.4 Å². The molecule has 4 nitrogen and oxygen atoms in total. The zero-order valence-corrected chi connectivity index (χ0v) is 10.4. The largest absolute Gasteiger partial charge is 0.333 e. The fraction of sp³-hybridized carbons (Fsp3) is 0.769. The predicted octanol–water partition coefficient (Wildman–Crippen LogP) is 1.06. The monoisotopic (exact) mass is 234 g/mol. The van der Waals surface area contributed by atoms with Crippen LogP contribution in [-0.4, -0.2) is 47.2 Å². The second-order valence-corrected chi connectivity index (χ2v) is 5.20. The van der Waals surface area contributed by atoms with Crippen LogP contribution in [0.1, 0.15) is 31.0 Å². The molecule has 2 aliphatic heterocycles. The number of rotatable bonds is 4. The van der Waals surface area contributed by atoms with E-state index in [1.165, 1.54) is 44.7 Å². The first-order valence-corrected chi connectivity index (χ1v) is 6.87. The summed E-state index contributed by atoms with van der Waals surface area (Å²) in [5, 5.41) is 3.42. The van der Waals surface area contributed by atoms with Crippen LogP contribution in [0.15, 0.2) is 12.4 Å². The van der Waals surface area contributed by atoms with E-state index in [9.17, 15) is 0 Å². The molecule has 0 amide bonds. The standard InChI is InChI=1S/C13H22N4/c1-7-16(8-1)10-11-17-9-6-15-13(17)12-2-4-14-5-3-12/h6,9,12,14H,1-5,7-8,10-11H2.